The molecule has 4 heterocycles. The van der Waals surface area contributed by atoms with Crippen LogP contribution in [-0.2, 0) is 11.3 Å². The number of rotatable bonds is 4. The van der Waals surface area contributed by atoms with E-state index in [1.807, 2.05) is 66.8 Å². The normalized spacial score (nSPS) is 15.8. The van der Waals surface area contributed by atoms with Gasteiger partial charge < -0.3 is 19.6 Å². The van der Waals surface area contributed by atoms with Crippen LogP contribution in [0.15, 0.2) is 30.3 Å². The van der Waals surface area contributed by atoms with Gasteiger partial charge in [-0.15, -0.1) is 0 Å². The van der Waals surface area contributed by atoms with Crippen molar-refractivity contribution in [3.8, 4) is 0 Å². The van der Waals surface area contributed by atoms with Gasteiger partial charge in [0, 0.05) is 57.1 Å². The van der Waals surface area contributed by atoms with Crippen LogP contribution < -0.4 is 9.80 Å². The van der Waals surface area contributed by atoms with Crippen LogP contribution in [0.2, 0.25) is 0 Å². The number of fused-ring (bicyclic) bond motifs is 2. The summed E-state index contributed by atoms with van der Waals surface area (Å²) in [4.78, 5) is 47.4. The second kappa shape index (κ2) is 8.79. The summed E-state index contributed by atoms with van der Waals surface area (Å²) in [6.45, 7) is 10.6. The highest BCUT2D eigenvalue weighted by atomic mass is 16.2. The first-order valence-electron chi connectivity index (χ1n) is 12.1. The van der Waals surface area contributed by atoms with Crippen molar-refractivity contribution in [1.82, 2.24) is 24.8 Å². The molecule has 0 spiro atoms. The molecule has 0 unspecified atom stereocenters. The third-order valence-corrected chi connectivity index (χ3v) is 6.96. The van der Waals surface area contributed by atoms with E-state index in [0.717, 1.165) is 33.7 Å². The van der Waals surface area contributed by atoms with Gasteiger partial charge in [-0.05, 0) is 32.9 Å². The van der Waals surface area contributed by atoms with E-state index in [1.54, 1.807) is 6.92 Å². The standard InChI is InChI=1S/C26H31N7O2/c1-16(2)33-15-20-23(25(33)35)28-26(32-12-10-31(11-13-32)18(4)34)29-24(20)30(5)22-14-19-8-6-7-9-21(19)27-17(22)3/h6-9,14,16H,10-13,15H2,1-5H3. The minimum atomic E-state index is -0.0657. The Labute approximate surface area is 205 Å². The molecular formula is C26H31N7O2. The maximum absolute atomic E-state index is 13.3. The quantitative estimate of drug-likeness (QED) is 0.575. The highest BCUT2D eigenvalue weighted by Gasteiger charge is 2.36. The van der Waals surface area contributed by atoms with Gasteiger partial charge in [0.1, 0.15) is 11.5 Å². The molecule has 0 atom stereocenters. The molecule has 182 valence electrons. The van der Waals surface area contributed by atoms with Crippen molar-refractivity contribution in [2.24, 2.45) is 0 Å². The van der Waals surface area contributed by atoms with Gasteiger partial charge in [-0.25, -0.2) is 4.98 Å². The Hall–Kier alpha value is -3.75. The van der Waals surface area contributed by atoms with Gasteiger partial charge in [0.2, 0.25) is 11.9 Å². The summed E-state index contributed by atoms with van der Waals surface area (Å²) in [7, 11) is 1.97. The van der Waals surface area contributed by atoms with E-state index in [2.05, 4.69) is 11.0 Å². The summed E-state index contributed by atoms with van der Waals surface area (Å²) in [5.41, 5.74) is 4.07. The van der Waals surface area contributed by atoms with Gasteiger partial charge in [-0.3, -0.25) is 14.6 Å². The first kappa shape index (κ1) is 23.0. The average Bonchev–Trinajstić information content (AvgIpc) is 3.19. The Bertz CT molecular complexity index is 1310. The number of anilines is 3. The Morgan fingerprint density at radius 1 is 1.06 bits per heavy atom. The molecule has 0 saturated carbocycles. The van der Waals surface area contributed by atoms with Crippen LogP contribution in [0.5, 0.6) is 0 Å². The smallest absolute Gasteiger partial charge is 0.273 e. The van der Waals surface area contributed by atoms with Gasteiger partial charge in [0.05, 0.1) is 23.4 Å². The van der Waals surface area contributed by atoms with E-state index >= 15 is 0 Å². The number of carbonyl (C=O) groups is 2. The van der Waals surface area contributed by atoms with E-state index in [1.165, 1.54) is 0 Å². The second-order valence-electron chi connectivity index (χ2n) is 9.54. The van der Waals surface area contributed by atoms with Crippen LogP contribution in [0.1, 0.15) is 42.5 Å². The number of aryl methyl sites for hydroxylation is 1. The molecule has 2 aromatic heterocycles. The van der Waals surface area contributed by atoms with E-state index in [-0.39, 0.29) is 17.9 Å². The van der Waals surface area contributed by atoms with E-state index in [0.29, 0.717) is 44.4 Å². The number of amides is 2. The summed E-state index contributed by atoms with van der Waals surface area (Å²) in [6, 6.07) is 10.2. The molecule has 2 amide bonds. The Morgan fingerprint density at radius 3 is 2.46 bits per heavy atom. The lowest BCUT2D eigenvalue weighted by Gasteiger charge is -2.34. The van der Waals surface area contributed by atoms with Crippen LogP contribution in [0.3, 0.4) is 0 Å². The van der Waals surface area contributed by atoms with E-state index in [9.17, 15) is 9.59 Å². The number of aromatic nitrogens is 3. The molecule has 0 bridgehead atoms. The van der Waals surface area contributed by atoms with Crippen molar-refractivity contribution >= 4 is 40.2 Å². The fraction of sp³-hybridized carbons (Fsp3) is 0.423. The zero-order valence-corrected chi connectivity index (χ0v) is 20.9. The molecule has 35 heavy (non-hydrogen) atoms. The molecule has 2 aliphatic heterocycles. The van der Waals surface area contributed by atoms with Gasteiger partial charge in [-0.1, -0.05) is 18.2 Å². The predicted octanol–water partition coefficient (Wildman–Crippen LogP) is 3.13. The number of hydrogen-bond acceptors (Lipinski definition) is 7. The minimum Gasteiger partial charge on any atom is -0.339 e. The lowest BCUT2D eigenvalue weighted by molar-refractivity contribution is -0.129. The maximum atomic E-state index is 13.3. The SMILES string of the molecule is CC(=O)N1CCN(c2nc3c(c(N(C)c4cc5ccccc5nc4C)n2)CN(C(C)C)C3=O)CC1. The highest BCUT2D eigenvalue weighted by molar-refractivity contribution is 5.99. The Kier molecular flexibility index (Phi) is 5.78. The molecule has 9 nitrogen and oxygen atoms in total. The summed E-state index contributed by atoms with van der Waals surface area (Å²) in [6.07, 6.45) is 0. The van der Waals surface area contributed by atoms with Crippen molar-refractivity contribution in [3.63, 3.8) is 0 Å². The molecule has 1 aromatic carbocycles. The maximum Gasteiger partial charge on any atom is 0.273 e. The fourth-order valence-corrected chi connectivity index (χ4v) is 4.87. The molecular weight excluding hydrogens is 442 g/mol. The molecule has 0 N–H and O–H groups in total. The van der Waals surface area contributed by atoms with Gasteiger partial charge in [-0.2, -0.15) is 4.98 Å². The number of para-hydroxylation sites is 1. The lowest BCUT2D eigenvalue weighted by Crippen LogP contribution is -2.48. The van der Waals surface area contributed by atoms with Gasteiger partial charge in [0.15, 0.2) is 0 Å². The molecule has 1 saturated heterocycles. The first-order valence-corrected chi connectivity index (χ1v) is 12.1. The van der Waals surface area contributed by atoms with Crippen LogP contribution in [-0.4, -0.2) is 75.8 Å². The number of benzene rings is 1. The number of nitrogens with zero attached hydrogens (tertiary/aromatic N) is 7. The molecule has 1 fully saturated rings. The average molecular weight is 474 g/mol. The summed E-state index contributed by atoms with van der Waals surface area (Å²) < 4.78 is 0. The molecule has 9 heteroatoms. The zero-order valence-electron chi connectivity index (χ0n) is 20.9. The predicted molar refractivity (Wildman–Crippen MR) is 136 cm³/mol. The van der Waals surface area contributed by atoms with Crippen molar-refractivity contribution in [3.05, 3.63) is 47.3 Å². The summed E-state index contributed by atoms with van der Waals surface area (Å²) in [5.74, 6) is 1.25. The molecule has 3 aromatic rings. The molecule has 0 aliphatic carbocycles. The zero-order chi connectivity index (χ0) is 24.9. The number of pyridine rings is 1. The highest BCUT2D eigenvalue weighted by Crippen LogP contribution is 2.36. The molecule has 5 rings (SSSR count). The fourth-order valence-electron chi connectivity index (χ4n) is 4.87. The van der Waals surface area contributed by atoms with Crippen molar-refractivity contribution in [2.75, 3.05) is 43.0 Å². The van der Waals surface area contributed by atoms with E-state index in [4.69, 9.17) is 15.0 Å². The van der Waals surface area contributed by atoms with Crippen LogP contribution in [0, 0.1) is 6.92 Å². The number of carbonyl (C=O) groups excluding carboxylic acids is 2. The van der Waals surface area contributed by atoms with E-state index < -0.39 is 0 Å². The van der Waals surface area contributed by atoms with Crippen LogP contribution >= 0.6 is 0 Å². The Morgan fingerprint density at radius 2 is 1.77 bits per heavy atom. The number of hydrogen-bond donors (Lipinski definition) is 0. The van der Waals surface area contributed by atoms with Gasteiger partial charge in [0.25, 0.3) is 5.91 Å². The topological polar surface area (TPSA) is 85.8 Å². The van der Waals surface area contributed by atoms with Crippen LogP contribution in [0.4, 0.5) is 17.5 Å². The van der Waals surface area contributed by atoms with Gasteiger partial charge >= 0.3 is 0 Å². The van der Waals surface area contributed by atoms with Crippen molar-refractivity contribution in [1.29, 1.82) is 0 Å². The molecule has 0 radical (unpaired) electrons. The van der Waals surface area contributed by atoms with Crippen molar-refractivity contribution < 1.29 is 9.59 Å². The first-order chi connectivity index (χ1) is 16.7. The third kappa shape index (κ3) is 4.05. The van der Waals surface area contributed by atoms with Crippen molar-refractivity contribution in [2.45, 2.75) is 40.3 Å². The second-order valence-corrected chi connectivity index (χ2v) is 9.54. The molecule has 2 aliphatic rings. The summed E-state index contributed by atoms with van der Waals surface area (Å²) in [5, 5.41) is 1.05. The Balaban J connectivity index is 1.59. The summed E-state index contributed by atoms with van der Waals surface area (Å²) >= 11 is 0. The third-order valence-electron chi connectivity index (χ3n) is 6.96. The minimum absolute atomic E-state index is 0.0569. The monoisotopic (exact) mass is 473 g/mol. The number of piperazine rings is 1. The van der Waals surface area contributed by atoms with Crippen LogP contribution in [0.25, 0.3) is 10.9 Å². The lowest BCUT2D eigenvalue weighted by atomic mass is 10.1. The largest absolute Gasteiger partial charge is 0.339 e.